The minimum atomic E-state index is -3.91. The summed E-state index contributed by atoms with van der Waals surface area (Å²) in [6.07, 6.45) is 2.21. The van der Waals surface area contributed by atoms with Crippen LogP contribution in [0.1, 0.15) is 40.2 Å². The largest absolute Gasteiger partial charge is 0.381 e. The van der Waals surface area contributed by atoms with Crippen molar-refractivity contribution in [2.75, 3.05) is 63.2 Å². The highest BCUT2D eigenvalue weighted by molar-refractivity contribution is 7.89. The van der Waals surface area contributed by atoms with E-state index in [2.05, 4.69) is 38.4 Å². The maximum absolute atomic E-state index is 13.8. The van der Waals surface area contributed by atoms with Crippen molar-refractivity contribution >= 4 is 27.2 Å². The zero-order valence-electron chi connectivity index (χ0n) is 23.8. The molecule has 0 amide bonds. The summed E-state index contributed by atoms with van der Waals surface area (Å²) < 4.78 is 47.2. The summed E-state index contributed by atoms with van der Waals surface area (Å²) in [7, 11) is -1.78. The first-order valence-electron chi connectivity index (χ1n) is 14.5. The van der Waals surface area contributed by atoms with E-state index in [1.165, 1.54) is 22.5 Å². The number of hydrogen-bond acceptors (Lipinski definition) is 8. The Hall–Kier alpha value is -3.32. The summed E-state index contributed by atoms with van der Waals surface area (Å²) in [5.74, 6) is -0.693. The van der Waals surface area contributed by atoms with Gasteiger partial charge in [-0.1, -0.05) is 6.07 Å². The van der Waals surface area contributed by atoms with Crippen LogP contribution in [0.25, 0.3) is 0 Å². The van der Waals surface area contributed by atoms with Crippen LogP contribution < -0.4 is 10.2 Å². The van der Waals surface area contributed by atoms with Gasteiger partial charge in [0.05, 0.1) is 17.0 Å². The van der Waals surface area contributed by atoms with Crippen molar-refractivity contribution in [3.05, 3.63) is 70.8 Å². The number of sulfonamides is 1. The summed E-state index contributed by atoms with van der Waals surface area (Å²) in [5, 5.41) is 11.1. The number of fused-ring (bicyclic) bond motifs is 1. The standard InChI is InChI=1S/C30H37FN6O4S/c1-35-11-13-36(14-12-35)23-5-6-25(28(18-23)32-22-8-15-41-16-9-22)30(38)19-29-26-20-37(10-7-27(26)33-34-29)42(39,40)24-4-2-3-21(31)17-24/h2-6,17-18,22,32H,7-16,19-20H2,1H3,(H,33,34). The van der Waals surface area contributed by atoms with E-state index in [-0.39, 0.29) is 36.2 Å². The quantitative estimate of drug-likeness (QED) is 0.382. The fourth-order valence-electron chi connectivity index (χ4n) is 5.92. The zero-order chi connectivity index (χ0) is 29.3. The molecule has 2 saturated heterocycles. The number of hydrogen-bond donors (Lipinski definition) is 2. The molecule has 0 bridgehead atoms. The number of nitrogens with zero attached hydrogens (tertiary/aromatic N) is 4. The van der Waals surface area contributed by atoms with Crippen molar-refractivity contribution in [3.63, 3.8) is 0 Å². The van der Waals surface area contributed by atoms with Gasteiger partial charge in [-0.05, 0) is 56.3 Å². The molecule has 3 aliphatic heterocycles. The molecule has 12 heteroatoms. The third kappa shape index (κ3) is 6.07. The van der Waals surface area contributed by atoms with E-state index < -0.39 is 15.8 Å². The highest BCUT2D eigenvalue weighted by Crippen LogP contribution is 2.30. The van der Waals surface area contributed by atoms with Gasteiger partial charge in [-0.15, -0.1) is 0 Å². The number of Topliss-reactive ketones (excluding diaryl/α,β-unsaturated/α-hetero) is 1. The van der Waals surface area contributed by atoms with E-state index in [1.807, 2.05) is 12.1 Å². The van der Waals surface area contributed by atoms with Crippen LogP contribution in [0.5, 0.6) is 0 Å². The number of rotatable bonds is 8. The number of H-pyrrole nitrogens is 1. The molecule has 0 unspecified atom stereocenters. The van der Waals surface area contributed by atoms with Crippen LogP contribution in [0.2, 0.25) is 0 Å². The van der Waals surface area contributed by atoms with Gasteiger partial charge in [0.1, 0.15) is 5.82 Å². The van der Waals surface area contributed by atoms with Crippen molar-refractivity contribution < 1.29 is 22.3 Å². The number of carbonyl (C=O) groups is 1. The van der Waals surface area contributed by atoms with E-state index in [1.54, 1.807) is 0 Å². The average Bonchev–Trinajstić information content (AvgIpc) is 3.40. The van der Waals surface area contributed by atoms with Crippen LogP contribution in [0.4, 0.5) is 15.8 Å². The minimum Gasteiger partial charge on any atom is -0.381 e. The Labute approximate surface area is 245 Å². The molecular weight excluding hydrogens is 559 g/mol. The SMILES string of the molecule is CN1CCN(c2ccc(C(=O)Cc3n[nH]c4c3CN(S(=O)(=O)c3cccc(F)c3)CC4)c(NC3CCOCC3)c2)CC1. The molecule has 4 heterocycles. The topological polar surface area (TPSA) is 111 Å². The van der Waals surface area contributed by atoms with Crippen LogP contribution >= 0.6 is 0 Å². The molecule has 42 heavy (non-hydrogen) atoms. The molecule has 0 radical (unpaired) electrons. The molecule has 2 aromatic carbocycles. The van der Waals surface area contributed by atoms with Gasteiger partial charge in [0.15, 0.2) is 5.78 Å². The van der Waals surface area contributed by atoms with Gasteiger partial charge in [-0.25, -0.2) is 12.8 Å². The second kappa shape index (κ2) is 12.1. The van der Waals surface area contributed by atoms with Gasteiger partial charge in [0, 0.05) is 93.1 Å². The molecule has 224 valence electrons. The van der Waals surface area contributed by atoms with Crippen molar-refractivity contribution in [2.45, 2.75) is 43.2 Å². The Bertz CT molecular complexity index is 1550. The molecule has 0 saturated carbocycles. The lowest BCUT2D eigenvalue weighted by molar-refractivity contribution is 0.0904. The first-order chi connectivity index (χ1) is 20.3. The molecule has 2 N–H and O–H groups in total. The van der Waals surface area contributed by atoms with Gasteiger partial charge in [-0.2, -0.15) is 9.40 Å². The van der Waals surface area contributed by atoms with E-state index in [0.29, 0.717) is 36.5 Å². The predicted octanol–water partition coefficient (Wildman–Crippen LogP) is 3.06. The van der Waals surface area contributed by atoms with E-state index in [4.69, 9.17) is 4.74 Å². The van der Waals surface area contributed by atoms with Gasteiger partial charge < -0.3 is 19.9 Å². The first-order valence-corrected chi connectivity index (χ1v) is 16.0. The molecule has 1 aromatic heterocycles. The van der Waals surface area contributed by atoms with Crippen molar-refractivity contribution in [2.24, 2.45) is 0 Å². The zero-order valence-corrected chi connectivity index (χ0v) is 24.6. The van der Waals surface area contributed by atoms with E-state index in [9.17, 15) is 17.6 Å². The van der Waals surface area contributed by atoms with Gasteiger partial charge >= 0.3 is 0 Å². The monoisotopic (exact) mass is 596 g/mol. The molecule has 2 fully saturated rings. The second-order valence-electron chi connectivity index (χ2n) is 11.3. The number of likely N-dealkylation sites (N-methyl/N-ethyl adjacent to an activating group) is 1. The lowest BCUT2D eigenvalue weighted by atomic mass is 9.98. The number of benzene rings is 2. The maximum atomic E-state index is 13.8. The molecule has 10 nitrogen and oxygen atoms in total. The smallest absolute Gasteiger partial charge is 0.243 e. The molecule has 0 atom stereocenters. The molecule has 0 aliphatic carbocycles. The molecule has 0 spiro atoms. The molecule has 6 rings (SSSR count). The number of aromatic nitrogens is 2. The predicted molar refractivity (Wildman–Crippen MR) is 158 cm³/mol. The Morgan fingerprint density at radius 3 is 2.64 bits per heavy atom. The number of halogens is 1. The summed E-state index contributed by atoms with van der Waals surface area (Å²) in [4.78, 5) is 18.4. The Kier molecular flexibility index (Phi) is 8.30. The normalized spacial score (nSPS) is 19.0. The number of anilines is 2. The van der Waals surface area contributed by atoms with Crippen LogP contribution in [0.3, 0.4) is 0 Å². The van der Waals surface area contributed by atoms with Crippen LogP contribution in [-0.2, 0) is 34.1 Å². The molecule has 3 aliphatic rings. The number of aromatic amines is 1. The van der Waals surface area contributed by atoms with Gasteiger partial charge in [-0.3, -0.25) is 9.89 Å². The number of carbonyl (C=O) groups excluding carboxylic acids is 1. The number of piperazine rings is 1. The summed E-state index contributed by atoms with van der Waals surface area (Å²) in [5.41, 5.74) is 4.56. The van der Waals surface area contributed by atoms with Crippen LogP contribution in [0.15, 0.2) is 47.4 Å². The summed E-state index contributed by atoms with van der Waals surface area (Å²) in [6.45, 7) is 5.52. The fourth-order valence-corrected chi connectivity index (χ4v) is 7.36. The summed E-state index contributed by atoms with van der Waals surface area (Å²) >= 11 is 0. The highest BCUT2D eigenvalue weighted by atomic mass is 32.2. The third-order valence-corrected chi connectivity index (χ3v) is 10.3. The van der Waals surface area contributed by atoms with E-state index >= 15 is 0 Å². The van der Waals surface area contributed by atoms with Crippen LogP contribution in [-0.4, -0.2) is 92.6 Å². The number of ketones is 1. The Balaban J connectivity index is 1.24. The first kappa shape index (κ1) is 28.8. The van der Waals surface area contributed by atoms with Crippen molar-refractivity contribution in [1.82, 2.24) is 19.4 Å². The number of ether oxygens (including phenoxy) is 1. The second-order valence-corrected chi connectivity index (χ2v) is 13.3. The third-order valence-electron chi connectivity index (χ3n) is 8.50. The Morgan fingerprint density at radius 1 is 1.10 bits per heavy atom. The maximum Gasteiger partial charge on any atom is 0.243 e. The molecular formula is C30H37FN6O4S. The fraction of sp³-hybridized carbons (Fsp3) is 0.467. The molecule has 3 aromatic rings. The van der Waals surface area contributed by atoms with Gasteiger partial charge in [0.25, 0.3) is 0 Å². The average molecular weight is 597 g/mol. The number of nitrogens with one attached hydrogen (secondary N) is 2. The minimum absolute atomic E-state index is 0.0377. The van der Waals surface area contributed by atoms with Crippen molar-refractivity contribution in [1.29, 1.82) is 0 Å². The van der Waals surface area contributed by atoms with Crippen LogP contribution in [0, 0.1) is 5.82 Å². The van der Waals surface area contributed by atoms with Crippen molar-refractivity contribution in [3.8, 4) is 0 Å². The Morgan fingerprint density at radius 2 is 1.88 bits per heavy atom. The lowest BCUT2D eigenvalue weighted by Gasteiger charge is -2.34. The van der Waals surface area contributed by atoms with Gasteiger partial charge in [0.2, 0.25) is 10.0 Å². The highest BCUT2D eigenvalue weighted by Gasteiger charge is 2.32. The summed E-state index contributed by atoms with van der Waals surface area (Å²) in [6, 6.07) is 11.2. The van der Waals surface area contributed by atoms with E-state index in [0.717, 1.165) is 62.2 Å². The lowest BCUT2D eigenvalue weighted by Crippen LogP contribution is -2.44.